The Labute approximate surface area is 176 Å². The standard InChI is InChI=1S/C20H16Cl2N4O3/c21-14-6-4-13(5-7-14)20-24-18(26-29-20)10-16-9-17(25-28-16)19(27)23-11-12-2-1-3-15(22)8-12/h1-8,16H,9-11H2,(H,23,27)/t16-/m1/s1. The van der Waals surface area contributed by atoms with E-state index in [4.69, 9.17) is 32.6 Å². The predicted octanol–water partition coefficient (Wildman–Crippen LogP) is 4.05. The lowest BCUT2D eigenvalue weighted by molar-refractivity contribution is -0.115. The number of aromatic nitrogens is 2. The molecule has 1 atom stereocenters. The number of hydrogen-bond acceptors (Lipinski definition) is 6. The number of oxime groups is 1. The highest BCUT2D eigenvalue weighted by Crippen LogP contribution is 2.21. The Balaban J connectivity index is 1.29. The summed E-state index contributed by atoms with van der Waals surface area (Å²) in [6.45, 7) is 0.359. The van der Waals surface area contributed by atoms with Gasteiger partial charge >= 0.3 is 0 Å². The molecular formula is C20H16Cl2N4O3. The van der Waals surface area contributed by atoms with E-state index < -0.39 is 0 Å². The van der Waals surface area contributed by atoms with Gasteiger partial charge in [0.25, 0.3) is 11.8 Å². The Kier molecular flexibility index (Phi) is 5.78. The van der Waals surface area contributed by atoms with Gasteiger partial charge in [0.1, 0.15) is 11.8 Å². The molecule has 4 rings (SSSR count). The van der Waals surface area contributed by atoms with Gasteiger partial charge in [-0.25, -0.2) is 0 Å². The number of hydrogen-bond donors (Lipinski definition) is 1. The summed E-state index contributed by atoms with van der Waals surface area (Å²) in [6.07, 6.45) is 0.426. The summed E-state index contributed by atoms with van der Waals surface area (Å²) in [7, 11) is 0. The van der Waals surface area contributed by atoms with Crippen LogP contribution in [0.3, 0.4) is 0 Å². The molecule has 1 N–H and O–H groups in total. The molecule has 0 bridgehead atoms. The fraction of sp³-hybridized carbons (Fsp3) is 0.200. The lowest BCUT2D eigenvalue weighted by Gasteiger charge is -2.05. The van der Waals surface area contributed by atoms with Crippen molar-refractivity contribution in [2.45, 2.75) is 25.5 Å². The third kappa shape index (κ3) is 4.93. The number of rotatable bonds is 6. The van der Waals surface area contributed by atoms with E-state index in [1.165, 1.54) is 0 Å². The van der Waals surface area contributed by atoms with Crippen molar-refractivity contribution in [1.29, 1.82) is 0 Å². The third-order valence-corrected chi connectivity index (χ3v) is 4.79. The van der Waals surface area contributed by atoms with Crippen molar-refractivity contribution in [3.63, 3.8) is 0 Å². The molecular weight excluding hydrogens is 415 g/mol. The summed E-state index contributed by atoms with van der Waals surface area (Å²) in [5.74, 6) is 0.605. The number of halogens is 2. The molecule has 0 saturated heterocycles. The van der Waals surface area contributed by atoms with Crippen molar-refractivity contribution in [2.24, 2.45) is 5.16 Å². The van der Waals surface area contributed by atoms with Gasteiger partial charge < -0.3 is 14.7 Å². The maximum Gasteiger partial charge on any atom is 0.269 e. The monoisotopic (exact) mass is 430 g/mol. The SMILES string of the molecule is O=C(NCc1cccc(Cl)c1)C1=NO[C@@H](Cc2noc(-c3ccc(Cl)cc3)n2)C1. The highest BCUT2D eigenvalue weighted by Gasteiger charge is 2.27. The summed E-state index contributed by atoms with van der Waals surface area (Å²) in [5, 5.41) is 11.9. The molecule has 1 aromatic heterocycles. The molecule has 0 saturated carbocycles. The largest absolute Gasteiger partial charge is 0.391 e. The number of nitrogens with one attached hydrogen (secondary N) is 1. The molecule has 0 spiro atoms. The van der Waals surface area contributed by atoms with Gasteiger partial charge in [-0.1, -0.05) is 45.6 Å². The lowest BCUT2D eigenvalue weighted by atomic mass is 10.1. The van der Waals surface area contributed by atoms with Crippen LogP contribution in [0.2, 0.25) is 10.0 Å². The van der Waals surface area contributed by atoms with E-state index in [2.05, 4.69) is 20.6 Å². The van der Waals surface area contributed by atoms with E-state index in [0.29, 0.717) is 46.9 Å². The molecule has 1 aliphatic rings. The fourth-order valence-corrected chi connectivity index (χ4v) is 3.19. The molecule has 1 amide bonds. The number of benzene rings is 2. The van der Waals surface area contributed by atoms with Gasteiger partial charge in [0.2, 0.25) is 0 Å². The molecule has 148 valence electrons. The van der Waals surface area contributed by atoms with E-state index in [-0.39, 0.29) is 12.0 Å². The van der Waals surface area contributed by atoms with Crippen molar-refractivity contribution >= 4 is 34.8 Å². The topological polar surface area (TPSA) is 89.6 Å². The zero-order valence-corrected chi connectivity index (χ0v) is 16.7. The van der Waals surface area contributed by atoms with Crippen molar-refractivity contribution in [3.05, 3.63) is 70.0 Å². The second-order valence-electron chi connectivity index (χ2n) is 6.51. The second-order valence-corrected chi connectivity index (χ2v) is 7.38. The Bertz CT molecular complexity index is 1050. The average molecular weight is 431 g/mol. The third-order valence-electron chi connectivity index (χ3n) is 4.31. The van der Waals surface area contributed by atoms with Crippen LogP contribution in [-0.2, 0) is 22.6 Å². The smallest absolute Gasteiger partial charge is 0.269 e. The summed E-state index contributed by atoms with van der Waals surface area (Å²) < 4.78 is 5.29. The number of amides is 1. The minimum atomic E-state index is -0.322. The van der Waals surface area contributed by atoms with E-state index >= 15 is 0 Å². The summed E-state index contributed by atoms with van der Waals surface area (Å²) in [5.41, 5.74) is 2.01. The Morgan fingerprint density at radius 1 is 1.14 bits per heavy atom. The minimum absolute atomic E-state index is 0.276. The first-order valence-corrected chi connectivity index (χ1v) is 9.66. The van der Waals surface area contributed by atoms with Crippen LogP contribution in [0.4, 0.5) is 0 Å². The maximum absolute atomic E-state index is 12.3. The first kappa shape index (κ1) is 19.4. The van der Waals surface area contributed by atoms with Crippen LogP contribution in [-0.4, -0.2) is 27.9 Å². The Hall–Kier alpha value is -2.90. The number of carbonyl (C=O) groups is 1. The van der Waals surface area contributed by atoms with Crippen LogP contribution in [0.15, 0.2) is 58.2 Å². The van der Waals surface area contributed by atoms with E-state index in [0.717, 1.165) is 11.1 Å². The lowest BCUT2D eigenvalue weighted by Crippen LogP contribution is -2.30. The van der Waals surface area contributed by atoms with Gasteiger partial charge in [0.05, 0.1) is 6.42 Å². The molecule has 0 aliphatic carbocycles. The van der Waals surface area contributed by atoms with Gasteiger partial charge in [-0.05, 0) is 42.0 Å². The van der Waals surface area contributed by atoms with Crippen LogP contribution >= 0.6 is 23.2 Å². The van der Waals surface area contributed by atoms with Crippen LogP contribution in [0.1, 0.15) is 17.8 Å². The summed E-state index contributed by atoms with van der Waals surface area (Å²) in [4.78, 5) is 22.0. The van der Waals surface area contributed by atoms with Crippen LogP contribution in [0, 0.1) is 0 Å². The zero-order chi connectivity index (χ0) is 20.2. The van der Waals surface area contributed by atoms with Crippen LogP contribution < -0.4 is 5.32 Å². The summed E-state index contributed by atoms with van der Waals surface area (Å²) in [6, 6.07) is 14.4. The van der Waals surface area contributed by atoms with Gasteiger partial charge in [-0.3, -0.25) is 4.79 Å². The van der Waals surface area contributed by atoms with Crippen molar-refractivity contribution in [1.82, 2.24) is 15.5 Å². The molecule has 1 aliphatic heterocycles. The second kappa shape index (κ2) is 8.63. The Morgan fingerprint density at radius 3 is 2.76 bits per heavy atom. The quantitative estimate of drug-likeness (QED) is 0.636. The molecule has 0 unspecified atom stereocenters. The molecule has 2 heterocycles. The van der Waals surface area contributed by atoms with E-state index in [1.54, 1.807) is 36.4 Å². The highest BCUT2D eigenvalue weighted by molar-refractivity contribution is 6.39. The summed E-state index contributed by atoms with van der Waals surface area (Å²) >= 11 is 11.8. The fourth-order valence-electron chi connectivity index (χ4n) is 2.85. The molecule has 29 heavy (non-hydrogen) atoms. The van der Waals surface area contributed by atoms with Gasteiger partial charge in [-0.2, -0.15) is 4.98 Å². The normalized spacial score (nSPS) is 15.7. The average Bonchev–Trinajstić information content (AvgIpc) is 3.37. The number of nitrogens with zero attached hydrogens (tertiary/aromatic N) is 3. The van der Waals surface area contributed by atoms with Gasteiger partial charge in [-0.15, -0.1) is 0 Å². The minimum Gasteiger partial charge on any atom is -0.391 e. The first-order chi connectivity index (χ1) is 14.1. The van der Waals surface area contributed by atoms with E-state index in [1.807, 2.05) is 12.1 Å². The van der Waals surface area contributed by atoms with Crippen LogP contribution in [0.5, 0.6) is 0 Å². The molecule has 0 radical (unpaired) electrons. The molecule has 0 fully saturated rings. The molecule has 9 heteroatoms. The first-order valence-electron chi connectivity index (χ1n) is 8.90. The molecule has 3 aromatic rings. The molecule has 2 aromatic carbocycles. The van der Waals surface area contributed by atoms with E-state index in [9.17, 15) is 4.79 Å². The van der Waals surface area contributed by atoms with Gasteiger partial charge in [0, 0.05) is 28.6 Å². The van der Waals surface area contributed by atoms with Crippen molar-refractivity contribution < 1.29 is 14.2 Å². The maximum atomic E-state index is 12.3. The zero-order valence-electron chi connectivity index (χ0n) is 15.1. The highest BCUT2D eigenvalue weighted by atomic mass is 35.5. The van der Waals surface area contributed by atoms with Crippen molar-refractivity contribution in [3.8, 4) is 11.5 Å². The van der Waals surface area contributed by atoms with Crippen molar-refractivity contribution in [2.75, 3.05) is 0 Å². The predicted molar refractivity (Wildman–Crippen MR) is 109 cm³/mol. The number of carbonyl (C=O) groups excluding carboxylic acids is 1. The Morgan fingerprint density at radius 2 is 1.97 bits per heavy atom. The van der Waals surface area contributed by atoms with Crippen LogP contribution in [0.25, 0.3) is 11.5 Å². The molecule has 7 nitrogen and oxygen atoms in total. The van der Waals surface area contributed by atoms with Gasteiger partial charge in [0.15, 0.2) is 5.82 Å².